The lowest BCUT2D eigenvalue weighted by atomic mass is 10.2. The van der Waals surface area contributed by atoms with Crippen LogP contribution in [0.25, 0.3) is 5.69 Å². The van der Waals surface area contributed by atoms with Crippen molar-refractivity contribution in [2.45, 2.75) is 0 Å². The molecule has 0 radical (unpaired) electrons. The van der Waals surface area contributed by atoms with Crippen LogP contribution in [-0.2, 0) is 4.79 Å². The molecular formula is C18H12Cl2N4O3. The van der Waals surface area contributed by atoms with Crippen molar-refractivity contribution in [3.8, 4) is 11.4 Å². The van der Waals surface area contributed by atoms with E-state index in [1.165, 1.54) is 12.3 Å². The van der Waals surface area contributed by atoms with Gasteiger partial charge in [0.05, 0.1) is 33.8 Å². The number of nitrogens with zero attached hydrogens (tertiary/aromatic N) is 2. The van der Waals surface area contributed by atoms with Crippen molar-refractivity contribution in [2.75, 3.05) is 17.2 Å². The maximum absolute atomic E-state index is 12.5. The molecule has 0 saturated heterocycles. The molecule has 136 valence electrons. The molecule has 2 amide bonds. The number of anilines is 2. The summed E-state index contributed by atoms with van der Waals surface area (Å²) in [5.41, 5.74) is 1.96. The van der Waals surface area contributed by atoms with Crippen LogP contribution in [0.4, 0.5) is 11.4 Å². The molecule has 1 aliphatic rings. The van der Waals surface area contributed by atoms with Crippen LogP contribution in [0, 0.1) is 0 Å². The van der Waals surface area contributed by atoms with E-state index in [9.17, 15) is 9.59 Å². The fourth-order valence-electron chi connectivity index (χ4n) is 2.57. The van der Waals surface area contributed by atoms with E-state index in [4.69, 9.17) is 27.9 Å². The van der Waals surface area contributed by atoms with Crippen LogP contribution >= 0.6 is 23.2 Å². The van der Waals surface area contributed by atoms with E-state index in [2.05, 4.69) is 15.7 Å². The Morgan fingerprint density at radius 1 is 1.22 bits per heavy atom. The summed E-state index contributed by atoms with van der Waals surface area (Å²) < 4.78 is 6.91. The van der Waals surface area contributed by atoms with Gasteiger partial charge in [-0.15, -0.1) is 0 Å². The molecule has 0 saturated carbocycles. The molecule has 2 N–H and O–H groups in total. The summed E-state index contributed by atoms with van der Waals surface area (Å²) >= 11 is 12.1. The highest BCUT2D eigenvalue weighted by Gasteiger charge is 2.19. The van der Waals surface area contributed by atoms with Crippen LogP contribution < -0.4 is 15.4 Å². The van der Waals surface area contributed by atoms with E-state index >= 15 is 0 Å². The molecule has 0 unspecified atom stereocenters. The van der Waals surface area contributed by atoms with Gasteiger partial charge in [-0.25, -0.2) is 4.68 Å². The first-order chi connectivity index (χ1) is 13.0. The average molecular weight is 403 g/mol. The van der Waals surface area contributed by atoms with Crippen molar-refractivity contribution in [3.63, 3.8) is 0 Å². The van der Waals surface area contributed by atoms with Gasteiger partial charge in [0.1, 0.15) is 5.75 Å². The highest BCUT2D eigenvalue weighted by atomic mass is 35.5. The quantitative estimate of drug-likeness (QED) is 0.698. The number of ether oxygens (including phenoxy) is 1. The molecule has 0 bridgehead atoms. The van der Waals surface area contributed by atoms with Crippen LogP contribution in [0.1, 0.15) is 10.4 Å². The van der Waals surface area contributed by atoms with Gasteiger partial charge in [0.15, 0.2) is 6.61 Å². The molecule has 1 aromatic heterocycles. The lowest BCUT2D eigenvalue weighted by Gasteiger charge is -2.19. The summed E-state index contributed by atoms with van der Waals surface area (Å²) in [4.78, 5) is 23.9. The maximum Gasteiger partial charge on any atom is 0.262 e. The van der Waals surface area contributed by atoms with Crippen LogP contribution in [0.2, 0.25) is 10.0 Å². The van der Waals surface area contributed by atoms with Crippen LogP contribution in [0.3, 0.4) is 0 Å². The monoisotopic (exact) mass is 402 g/mol. The Hall–Kier alpha value is -3.03. The number of rotatable bonds is 3. The predicted octanol–water partition coefficient (Wildman–Crippen LogP) is 3.76. The van der Waals surface area contributed by atoms with E-state index in [0.717, 1.165) is 5.69 Å². The van der Waals surface area contributed by atoms with Gasteiger partial charge in [-0.1, -0.05) is 23.2 Å². The molecule has 27 heavy (non-hydrogen) atoms. The van der Waals surface area contributed by atoms with Gasteiger partial charge in [-0.05, 0) is 30.3 Å². The van der Waals surface area contributed by atoms with E-state index in [-0.39, 0.29) is 23.4 Å². The zero-order valence-electron chi connectivity index (χ0n) is 13.7. The molecule has 7 nitrogen and oxygen atoms in total. The van der Waals surface area contributed by atoms with Gasteiger partial charge in [0.2, 0.25) is 0 Å². The number of halogens is 2. The highest BCUT2D eigenvalue weighted by molar-refractivity contribution is 6.34. The number of fused-ring (bicyclic) bond motifs is 1. The number of amides is 2. The smallest absolute Gasteiger partial charge is 0.262 e. The molecule has 3 aromatic rings. The molecule has 2 aromatic carbocycles. The third kappa shape index (κ3) is 3.60. The second-order valence-electron chi connectivity index (χ2n) is 5.77. The SMILES string of the molecule is O=C1COc2cc(NC(=O)c3cnn(-c4ccc(Cl)cc4)c3)c(Cl)cc2N1. The topological polar surface area (TPSA) is 85.2 Å². The molecule has 1 aliphatic heterocycles. The molecular weight excluding hydrogens is 391 g/mol. The van der Waals surface area contributed by atoms with Crippen LogP contribution in [-0.4, -0.2) is 28.2 Å². The average Bonchev–Trinajstić information content (AvgIpc) is 3.13. The highest BCUT2D eigenvalue weighted by Crippen LogP contribution is 2.36. The molecule has 0 aliphatic carbocycles. The molecule has 2 heterocycles. The molecule has 4 rings (SSSR count). The van der Waals surface area contributed by atoms with E-state index in [1.807, 2.05) is 0 Å². The Kier molecular flexibility index (Phi) is 4.47. The standard InChI is InChI=1S/C18H12Cl2N4O3/c19-11-1-3-12(4-2-11)24-8-10(7-21-24)18(26)23-14-6-16-15(5-13(14)20)22-17(25)9-27-16/h1-8H,9H2,(H,22,25)(H,23,26). The zero-order chi connectivity index (χ0) is 19.0. The minimum Gasteiger partial charge on any atom is -0.482 e. The van der Waals surface area contributed by atoms with Crippen molar-refractivity contribution in [2.24, 2.45) is 0 Å². The Morgan fingerprint density at radius 2 is 2.00 bits per heavy atom. The number of hydrogen-bond acceptors (Lipinski definition) is 4. The number of carbonyl (C=O) groups excluding carboxylic acids is 2. The third-order valence-corrected chi connectivity index (χ3v) is 4.45. The summed E-state index contributed by atoms with van der Waals surface area (Å²) in [5, 5.41) is 10.5. The fourth-order valence-corrected chi connectivity index (χ4v) is 2.90. The summed E-state index contributed by atoms with van der Waals surface area (Å²) in [6, 6.07) is 10.2. The Bertz CT molecular complexity index is 1050. The van der Waals surface area contributed by atoms with Crippen LogP contribution in [0.5, 0.6) is 5.75 Å². The lowest BCUT2D eigenvalue weighted by Crippen LogP contribution is -2.25. The Morgan fingerprint density at radius 3 is 2.78 bits per heavy atom. The number of carbonyl (C=O) groups is 2. The second kappa shape index (κ2) is 6.94. The molecule has 0 spiro atoms. The number of benzene rings is 2. The third-order valence-electron chi connectivity index (χ3n) is 3.89. The molecule has 0 atom stereocenters. The number of hydrogen-bond donors (Lipinski definition) is 2. The van der Waals surface area contributed by atoms with Gasteiger partial charge in [0, 0.05) is 17.3 Å². The Balaban J connectivity index is 1.54. The second-order valence-corrected chi connectivity index (χ2v) is 6.61. The number of aromatic nitrogens is 2. The largest absolute Gasteiger partial charge is 0.482 e. The van der Waals surface area contributed by atoms with Gasteiger partial charge in [-0.3, -0.25) is 9.59 Å². The number of nitrogens with one attached hydrogen (secondary N) is 2. The first-order valence-electron chi connectivity index (χ1n) is 7.88. The van der Waals surface area contributed by atoms with E-state index in [0.29, 0.717) is 27.7 Å². The van der Waals surface area contributed by atoms with Crippen LogP contribution in [0.15, 0.2) is 48.8 Å². The van der Waals surface area contributed by atoms with Gasteiger partial charge in [0.25, 0.3) is 11.8 Å². The van der Waals surface area contributed by atoms with Gasteiger partial charge >= 0.3 is 0 Å². The van der Waals surface area contributed by atoms with Crippen molar-refractivity contribution in [3.05, 3.63) is 64.4 Å². The van der Waals surface area contributed by atoms with Gasteiger partial charge in [-0.2, -0.15) is 5.10 Å². The van der Waals surface area contributed by atoms with Crippen molar-refractivity contribution in [1.29, 1.82) is 0 Å². The zero-order valence-corrected chi connectivity index (χ0v) is 15.2. The summed E-state index contributed by atoms with van der Waals surface area (Å²) in [7, 11) is 0. The van der Waals surface area contributed by atoms with Crippen molar-refractivity contribution >= 4 is 46.4 Å². The fraction of sp³-hybridized carbons (Fsp3) is 0.0556. The predicted molar refractivity (Wildman–Crippen MR) is 102 cm³/mol. The van der Waals surface area contributed by atoms with Crippen molar-refractivity contribution < 1.29 is 14.3 Å². The molecule has 9 heteroatoms. The first kappa shape index (κ1) is 17.4. The molecule has 0 fully saturated rings. The van der Waals surface area contributed by atoms with E-state index < -0.39 is 0 Å². The summed E-state index contributed by atoms with van der Waals surface area (Å²) in [6.07, 6.45) is 3.05. The normalized spacial score (nSPS) is 12.7. The summed E-state index contributed by atoms with van der Waals surface area (Å²) in [5.74, 6) is -0.201. The summed E-state index contributed by atoms with van der Waals surface area (Å²) in [6.45, 7) is -0.0874. The first-order valence-corrected chi connectivity index (χ1v) is 8.63. The minimum atomic E-state index is -0.378. The van der Waals surface area contributed by atoms with Gasteiger partial charge < -0.3 is 15.4 Å². The van der Waals surface area contributed by atoms with Crippen molar-refractivity contribution in [1.82, 2.24) is 9.78 Å². The Labute approximate surface area is 163 Å². The minimum absolute atomic E-state index is 0.0874. The van der Waals surface area contributed by atoms with E-state index in [1.54, 1.807) is 41.2 Å². The maximum atomic E-state index is 12.5. The lowest BCUT2D eigenvalue weighted by molar-refractivity contribution is -0.118.